The highest BCUT2D eigenvalue weighted by Gasteiger charge is 2.32. The van der Waals surface area contributed by atoms with Gasteiger partial charge in [0.15, 0.2) is 15.6 Å². The van der Waals surface area contributed by atoms with E-state index in [9.17, 15) is 18.0 Å². The van der Waals surface area contributed by atoms with Crippen molar-refractivity contribution in [3.8, 4) is 0 Å². The number of hydrogen-bond donors (Lipinski definition) is 0. The summed E-state index contributed by atoms with van der Waals surface area (Å²) in [5.74, 6) is -0.230. The molecular formula is C17H20ClNO4S. The minimum absolute atomic E-state index is 0.0118. The number of amides is 1. The average molecular weight is 370 g/mol. The number of carbonyl (C=O) groups is 2. The number of carbonyl (C=O) groups excluding carboxylic acids is 2. The first-order valence-corrected chi connectivity index (χ1v) is 9.89. The van der Waals surface area contributed by atoms with Crippen molar-refractivity contribution in [3.05, 3.63) is 40.9 Å². The van der Waals surface area contributed by atoms with Crippen LogP contribution in [0.3, 0.4) is 0 Å². The number of rotatable bonds is 6. The monoisotopic (exact) mass is 369 g/mol. The van der Waals surface area contributed by atoms with Crippen molar-refractivity contribution in [1.82, 2.24) is 4.90 Å². The quantitative estimate of drug-likeness (QED) is 0.721. The normalized spacial score (nSPS) is 19.5. The van der Waals surface area contributed by atoms with Crippen LogP contribution >= 0.6 is 11.6 Å². The summed E-state index contributed by atoms with van der Waals surface area (Å²) in [4.78, 5) is 25.4. The fourth-order valence-corrected chi connectivity index (χ4v) is 4.55. The molecule has 0 bridgehead atoms. The third-order valence-corrected chi connectivity index (χ3v) is 6.03. The van der Waals surface area contributed by atoms with Gasteiger partial charge in [-0.3, -0.25) is 9.59 Å². The molecule has 2 rings (SSSR count). The van der Waals surface area contributed by atoms with Gasteiger partial charge in [0.2, 0.25) is 5.91 Å². The number of hydrogen-bond acceptors (Lipinski definition) is 4. The number of nitrogens with zero attached hydrogens (tertiary/aromatic N) is 1. The summed E-state index contributed by atoms with van der Waals surface area (Å²) in [7, 11) is -1.43. The molecule has 1 fully saturated rings. The third kappa shape index (κ3) is 5.46. The van der Waals surface area contributed by atoms with E-state index in [1.165, 1.54) is 11.0 Å². The predicted molar refractivity (Wildman–Crippen MR) is 94.6 cm³/mol. The van der Waals surface area contributed by atoms with E-state index in [2.05, 4.69) is 0 Å². The summed E-state index contributed by atoms with van der Waals surface area (Å²) in [5, 5.41) is 0.591. The molecule has 1 aliphatic rings. The molecule has 0 spiro atoms. The fraction of sp³-hybridized carbons (Fsp3) is 0.412. The Bertz CT molecular complexity index is 758. The first-order chi connectivity index (χ1) is 11.3. The van der Waals surface area contributed by atoms with Crippen molar-refractivity contribution in [2.45, 2.75) is 25.3 Å². The van der Waals surface area contributed by atoms with Crippen LogP contribution in [0.1, 0.15) is 24.8 Å². The van der Waals surface area contributed by atoms with Crippen LogP contribution < -0.4 is 0 Å². The van der Waals surface area contributed by atoms with Crippen LogP contribution in [0.15, 0.2) is 30.3 Å². The zero-order valence-electron chi connectivity index (χ0n) is 13.4. The molecule has 1 saturated heterocycles. The summed E-state index contributed by atoms with van der Waals surface area (Å²) in [6.45, 7) is 0. The molecule has 0 aromatic heterocycles. The van der Waals surface area contributed by atoms with E-state index in [0.29, 0.717) is 11.4 Å². The van der Waals surface area contributed by atoms with Crippen molar-refractivity contribution < 1.29 is 18.0 Å². The van der Waals surface area contributed by atoms with Crippen LogP contribution in [0.5, 0.6) is 0 Å². The van der Waals surface area contributed by atoms with Gasteiger partial charge in [0.25, 0.3) is 0 Å². The van der Waals surface area contributed by atoms with Crippen LogP contribution in [0, 0.1) is 0 Å². The van der Waals surface area contributed by atoms with Gasteiger partial charge in [0, 0.05) is 31.0 Å². The summed E-state index contributed by atoms with van der Waals surface area (Å²) in [6, 6.07) is 6.83. The number of ketones is 1. The van der Waals surface area contributed by atoms with Crippen molar-refractivity contribution in [2.75, 3.05) is 18.6 Å². The predicted octanol–water partition coefficient (Wildman–Crippen LogP) is 2.35. The lowest BCUT2D eigenvalue weighted by Crippen LogP contribution is -2.37. The largest absolute Gasteiger partial charge is 0.342 e. The first-order valence-electron chi connectivity index (χ1n) is 7.69. The van der Waals surface area contributed by atoms with Crippen molar-refractivity contribution in [3.63, 3.8) is 0 Å². The minimum Gasteiger partial charge on any atom is -0.342 e. The Morgan fingerprint density at radius 3 is 2.71 bits per heavy atom. The van der Waals surface area contributed by atoms with E-state index < -0.39 is 9.84 Å². The second-order valence-electron chi connectivity index (χ2n) is 5.92. The molecule has 1 heterocycles. The van der Waals surface area contributed by atoms with Gasteiger partial charge in [-0.25, -0.2) is 8.42 Å². The van der Waals surface area contributed by atoms with E-state index in [1.54, 1.807) is 31.3 Å². The van der Waals surface area contributed by atoms with Gasteiger partial charge in [-0.1, -0.05) is 29.8 Å². The van der Waals surface area contributed by atoms with Gasteiger partial charge in [-0.2, -0.15) is 0 Å². The molecule has 1 unspecified atom stereocenters. The lowest BCUT2D eigenvalue weighted by Gasteiger charge is -2.23. The molecule has 1 aliphatic heterocycles. The number of sulfone groups is 1. The van der Waals surface area contributed by atoms with Crippen molar-refractivity contribution >= 4 is 39.2 Å². The highest BCUT2D eigenvalue weighted by molar-refractivity contribution is 7.91. The molecule has 0 aliphatic carbocycles. The second-order valence-corrected chi connectivity index (χ2v) is 8.58. The number of benzene rings is 1. The van der Waals surface area contributed by atoms with Gasteiger partial charge in [0.05, 0.1) is 11.5 Å². The van der Waals surface area contributed by atoms with Crippen LogP contribution in [0.4, 0.5) is 0 Å². The van der Waals surface area contributed by atoms with Gasteiger partial charge < -0.3 is 4.90 Å². The molecule has 1 aromatic carbocycles. The highest BCUT2D eigenvalue weighted by atomic mass is 35.5. The molecule has 130 valence electrons. The number of halogens is 1. The smallest absolute Gasteiger partial charge is 0.223 e. The Balaban J connectivity index is 1.82. The van der Waals surface area contributed by atoms with Crippen LogP contribution in [-0.4, -0.2) is 49.6 Å². The Labute approximate surface area is 147 Å². The highest BCUT2D eigenvalue weighted by Crippen LogP contribution is 2.17. The molecule has 1 aromatic rings. The maximum absolute atomic E-state index is 12.1. The first kappa shape index (κ1) is 18.7. The molecule has 1 amide bonds. The van der Waals surface area contributed by atoms with Crippen molar-refractivity contribution in [2.24, 2.45) is 0 Å². The SMILES string of the molecule is CN(C(=O)CCC(=O)/C=C/c1cccc(Cl)c1)C1CCS(=O)(=O)C1. The standard InChI is InChI=1S/C17H20ClNO4S/c1-19(15-9-10-24(22,23)12-15)17(21)8-7-16(20)6-5-13-3-2-4-14(18)11-13/h2-6,11,15H,7-10,12H2,1H3/b6-5+. The van der Waals surface area contributed by atoms with Gasteiger partial charge in [-0.05, 0) is 30.2 Å². The zero-order chi connectivity index (χ0) is 17.7. The topological polar surface area (TPSA) is 71.5 Å². The Morgan fingerprint density at radius 2 is 2.08 bits per heavy atom. The van der Waals surface area contributed by atoms with Gasteiger partial charge in [-0.15, -0.1) is 0 Å². The second kappa shape index (κ2) is 7.94. The molecule has 5 nitrogen and oxygen atoms in total. The average Bonchev–Trinajstić information content (AvgIpc) is 2.90. The van der Waals surface area contributed by atoms with E-state index in [0.717, 1.165) is 5.56 Å². The molecule has 0 radical (unpaired) electrons. The van der Waals surface area contributed by atoms with Gasteiger partial charge >= 0.3 is 0 Å². The van der Waals surface area contributed by atoms with Crippen molar-refractivity contribution in [1.29, 1.82) is 0 Å². The maximum Gasteiger partial charge on any atom is 0.223 e. The fourth-order valence-electron chi connectivity index (χ4n) is 2.57. The summed E-state index contributed by atoms with van der Waals surface area (Å²) >= 11 is 5.87. The van der Waals surface area contributed by atoms with Crippen LogP contribution in [0.25, 0.3) is 6.08 Å². The summed E-state index contributed by atoms with van der Waals surface area (Å²) in [6.07, 6.45) is 3.73. The van der Waals surface area contributed by atoms with Crippen LogP contribution in [0.2, 0.25) is 5.02 Å². The Hall–Kier alpha value is -1.66. The molecule has 0 saturated carbocycles. The Morgan fingerprint density at radius 1 is 1.33 bits per heavy atom. The lowest BCUT2D eigenvalue weighted by molar-refractivity contribution is -0.133. The maximum atomic E-state index is 12.1. The Kier molecular flexibility index (Phi) is 6.18. The van der Waals surface area contributed by atoms with E-state index >= 15 is 0 Å². The van der Waals surface area contributed by atoms with E-state index in [1.807, 2.05) is 6.07 Å². The molecule has 24 heavy (non-hydrogen) atoms. The van der Waals surface area contributed by atoms with Crippen LogP contribution in [-0.2, 0) is 19.4 Å². The number of allylic oxidation sites excluding steroid dienone is 1. The summed E-state index contributed by atoms with van der Waals surface area (Å²) < 4.78 is 22.9. The molecule has 1 atom stereocenters. The molecular weight excluding hydrogens is 350 g/mol. The summed E-state index contributed by atoms with van der Waals surface area (Å²) in [5.41, 5.74) is 0.815. The zero-order valence-corrected chi connectivity index (χ0v) is 15.0. The molecule has 7 heteroatoms. The van der Waals surface area contributed by atoms with E-state index in [-0.39, 0.29) is 42.1 Å². The van der Waals surface area contributed by atoms with E-state index in [4.69, 9.17) is 11.6 Å². The third-order valence-electron chi connectivity index (χ3n) is 4.05. The molecule has 0 N–H and O–H groups in total. The minimum atomic E-state index is -3.03. The lowest BCUT2D eigenvalue weighted by atomic mass is 10.1. The van der Waals surface area contributed by atoms with Gasteiger partial charge in [0.1, 0.15) is 0 Å².